The van der Waals surface area contributed by atoms with Crippen molar-refractivity contribution in [2.75, 3.05) is 0 Å². The fourth-order valence-electron chi connectivity index (χ4n) is 1.78. The zero-order chi connectivity index (χ0) is 12.1. The first-order valence-electron chi connectivity index (χ1n) is 7.11. The summed E-state index contributed by atoms with van der Waals surface area (Å²) in [4.78, 5) is 0. The lowest BCUT2D eigenvalue weighted by Gasteiger charge is -2.01. The number of unbranched alkanes of at least 4 members (excludes halogenated alkanes) is 5. The largest absolute Gasteiger partial charge is 0.0888 e. The van der Waals surface area contributed by atoms with Crippen molar-refractivity contribution in [3.8, 4) is 0 Å². The van der Waals surface area contributed by atoms with E-state index in [9.17, 15) is 0 Å². The molecule has 0 saturated carbocycles. The lowest BCUT2D eigenvalue weighted by atomic mass is 10.1. The molecule has 0 heteroatoms. The molecule has 0 nitrogen and oxygen atoms in total. The monoisotopic (exact) mass is 222 g/mol. The van der Waals surface area contributed by atoms with Gasteiger partial charge in [-0.25, -0.2) is 0 Å². The van der Waals surface area contributed by atoms with Crippen molar-refractivity contribution in [3.63, 3.8) is 0 Å². The Balaban J connectivity index is 3.30. The smallest absolute Gasteiger partial charge is 0.0323 e. The molecule has 0 aliphatic heterocycles. The first-order chi connectivity index (χ1) is 7.81. The normalized spacial score (nSPS) is 12.6. The summed E-state index contributed by atoms with van der Waals surface area (Å²) in [7, 11) is 0. The average molecular weight is 222 g/mol. The van der Waals surface area contributed by atoms with Crippen LogP contribution in [0.15, 0.2) is 23.8 Å². The van der Waals surface area contributed by atoms with Gasteiger partial charge in [-0.05, 0) is 45.4 Å². The number of allylic oxidation sites excluding steroid dienone is 4. The Labute approximate surface area is 103 Å². The second-order valence-corrected chi connectivity index (χ2v) is 4.67. The molecule has 0 rings (SSSR count). The Morgan fingerprint density at radius 3 is 2.38 bits per heavy atom. The van der Waals surface area contributed by atoms with Gasteiger partial charge in [-0.1, -0.05) is 56.9 Å². The van der Waals surface area contributed by atoms with Crippen LogP contribution in [0.1, 0.15) is 78.6 Å². The van der Waals surface area contributed by atoms with Crippen molar-refractivity contribution < 1.29 is 0 Å². The molecule has 0 N–H and O–H groups in total. The molecule has 0 unspecified atom stereocenters. The Morgan fingerprint density at radius 2 is 1.69 bits per heavy atom. The summed E-state index contributed by atoms with van der Waals surface area (Å²) in [5.74, 6) is 0. The van der Waals surface area contributed by atoms with Crippen LogP contribution in [0.25, 0.3) is 0 Å². The van der Waals surface area contributed by atoms with Crippen LogP contribution in [0, 0.1) is 0 Å². The maximum absolute atomic E-state index is 2.43. The molecule has 0 spiro atoms. The van der Waals surface area contributed by atoms with Gasteiger partial charge in [-0.2, -0.15) is 0 Å². The molecule has 0 amide bonds. The van der Waals surface area contributed by atoms with Crippen LogP contribution in [0.5, 0.6) is 0 Å². The van der Waals surface area contributed by atoms with Gasteiger partial charge in [0.1, 0.15) is 0 Å². The Bertz CT molecular complexity index is 186. The fraction of sp³-hybridized carbons (Fsp3) is 0.750. The van der Waals surface area contributed by atoms with Crippen LogP contribution in [0.4, 0.5) is 0 Å². The molecule has 0 aliphatic rings. The molecule has 0 saturated heterocycles. The summed E-state index contributed by atoms with van der Waals surface area (Å²) in [5.41, 5.74) is 1.59. The Hall–Kier alpha value is -0.520. The molecular formula is C16H30. The first kappa shape index (κ1) is 15.5. The van der Waals surface area contributed by atoms with Gasteiger partial charge in [0.25, 0.3) is 0 Å². The highest BCUT2D eigenvalue weighted by atomic mass is 14.0. The predicted octanol–water partition coefficient (Wildman–Crippen LogP) is 6.04. The van der Waals surface area contributed by atoms with E-state index in [4.69, 9.17) is 0 Å². The van der Waals surface area contributed by atoms with Gasteiger partial charge in [0.05, 0.1) is 0 Å². The summed E-state index contributed by atoms with van der Waals surface area (Å²) in [6.07, 6.45) is 18.8. The van der Waals surface area contributed by atoms with E-state index in [2.05, 4.69) is 39.0 Å². The highest BCUT2D eigenvalue weighted by Crippen LogP contribution is 2.11. The summed E-state index contributed by atoms with van der Waals surface area (Å²) in [6, 6.07) is 0. The Kier molecular flexibility index (Phi) is 12.1. The minimum atomic E-state index is 1.18. The van der Waals surface area contributed by atoms with E-state index < -0.39 is 0 Å². The highest BCUT2D eigenvalue weighted by Gasteiger charge is 1.91. The van der Waals surface area contributed by atoms with Gasteiger partial charge in [0, 0.05) is 0 Å². The minimum Gasteiger partial charge on any atom is -0.0888 e. The second kappa shape index (κ2) is 12.5. The van der Waals surface area contributed by atoms with E-state index in [-0.39, 0.29) is 0 Å². The number of hydrogen-bond donors (Lipinski definition) is 0. The van der Waals surface area contributed by atoms with Gasteiger partial charge >= 0.3 is 0 Å². The van der Waals surface area contributed by atoms with Crippen molar-refractivity contribution >= 4 is 0 Å². The van der Waals surface area contributed by atoms with E-state index in [0.29, 0.717) is 0 Å². The molecule has 0 aromatic carbocycles. The molecule has 0 bridgehead atoms. The summed E-state index contributed by atoms with van der Waals surface area (Å²) < 4.78 is 0. The van der Waals surface area contributed by atoms with E-state index in [1.54, 1.807) is 5.57 Å². The number of rotatable bonds is 10. The maximum atomic E-state index is 2.43. The Morgan fingerprint density at radius 1 is 0.875 bits per heavy atom. The standard InChI is InChI=1S/C16H30/c1-4-6-8-9-10-11-13-15-16(3)14-12-7-5-2/h6,8,14H,4-5,7,9-13,15H2,1-3H3. The van der Waals surface area contributed by atoms with Crippen molar-refractivity contribution in [1.29, 1.82) is 0 Å². The van der Waals surface area contributed by atoms with Crippen molar-refractivity contribution in [1.82, 2.24) is 0 Å². The van der Waals surface area contributed by atoms with Crippen molar-refractivity contribution in [2.45, 2.75) is 78.6 Å². The van der Waals surface area contributed by atoms with Gasteiger partial charge in [0.15, 0.2) is 0 Å². The third kappa shape index (κ3) is 11.6. The quantitative estimate of drug-likeness (QED) is 0.312. The third-order valence-corrected chi connectivity index (χ3v) is 2.89. The van der Waals surface area contributed by atoms with Crippen molar-refractivity contribution in [2.24, 2.45) is 0 Å². The van der Waals surface area contributed by atoms with E-state index in [1.165, 1.54) is 57.8 Å². The molecule has 0 fully saturated rings. The van der Waals surface area contributed by atoms with E-state index in [1.807, 2.05) is 0 Å². The molecule has 0 atom stereocenters. The highest BCUT2D eigenvalue weighted by molar-refractivity contribution is 4.97. The topological polar surface area (TPSA) is 0 Å². The minimum absolute atomic E-state index is 1.18. The van der Waals surface area contributed by atoms with E-state index >= 15 is 0 Å². The van der Waals surface area contributed by atoms with Crippen LogP contribution in [-0.2, 0) is 0 Å². The van der Waals surface area contributed by atoms with Gasteiger partial charge in [0.2, 0.25) is 0 Å². The van der Waals surface area contributed by atoms with Crippen LogP contribution in [0.3, 0.4) is 0 Å². The lowest BCUT2D eigenvalue weighted by Crippen LogP contribution is -1.81. The second-order valence-electron chi connectivity index (χ2n) is 4.67. The molecule has 0 aliphatic carbocycles. The molecule has 0 aromatic heterocycles. The molecular weight excluding hydrogens is 192 g/mol. The molecule has 16 heavy (non-hydrogen) atoms. The molecule has 0 radical (unpaired) electrons. The third-order valence-electron chi connectivity index (χ3n) is 2.89. The van der Waals surface area contributed by atoms with Gasteiger partial charge in [-0.3, -0.25) is 0 Å². The van der Waals surface area contributed by atoms with Gasteiger partial charge < -0.3 is 0 Å². The van der Waals surface area contributed by atoms with Gasteiger partial charge in [-0.15, -0.1) is 0 Å². The predicted molar refractivity (Wildman–Crippen MR) is 75.8 cm³/mol. The molecule has 94 valence electrons. The maximum Gasteiger partial charge on any atom is -0.0323 e. The van der Waals surface area contributed by atoms with Crippen LogP contribution >= 0.6 is 0 Å². The zero-order valence-electron chi connectivity index (χ0n) is 11.6. The molecule has 0 aromatic rings. The SMILES string of the molecule is CCC=CCCCCCC(C)=CCCCC. The number of hydrogen-bond acceptors (Lipinski definition) is 0. The first-order valence-corrected chi connectivity index (χ1v) is 7.11. The summed E-state index contributed by atoms with van der Waals surface area (Å²) in [6.45, 7) is 6.74. The van der Waals surface area contributed by atoms with Crippen LogP contribution in [0.2, 0.25) is 0 Å². The van der Waals surface area contributed by atoms with E-state index in [0.717, 1.165) is 0 Å². The summed E-state index contributed by atoms with van der Waals surface area (Å²) in [5, 5.41) is 0. The summed E-state index contributed by atoms with van der Waals surface area (Å²) >= 11 is 0. The lowest BCUT2D eigenvalue weighted by molar-refractivity contribution is 0.680. The van der Waals surface area contributed by atoms with Crippen LogP contribution < -0.4 is 0 Å². The molecule has 0 heterocycles. The van der Waals surface area contributed by atoms with Crippen LogP contribution in [-0.4, -0.2) is 0 Å². The average Bonchev–Trinajstić information content (AvgIpc) is 2.28. The fourth-order valence-corrected chi connectivity index (χ4v) is 1.78. The van der Waals surface area contributed by atoms with Crippen molar-refractivity contribution in [3.05, 3.63) is 23.8 Å². The zero-order valence-corrected chi connectivity index (χ0v) is 11.6.